The Balaban J connectivity index is 3.12. The Bertz CT molecular complexity index is 273. The van der Waals surface area contributed by atoms with Gasteiger partial charge in [-0.25, -0.2) is 0 Å². The van der Waals surface area contributed by atoms with E-state index < -0.39 is 5.91 Å². The number of hydrogen-bond donors (Lipinski definition) is 3. The molecule has 1 heterocycles. The zero-order valence-corrected chi connectivity index (χ0v) is 5.74. The molecule has 0 saturated carbocycles. The third kappa shape index (κ3) is 1.44. The molecule has 0 radical (unpaired) electrons. The van der Waals surface area contributed by atoms with Crippen molar-refractivity contribution in [2.75, 3.05) is 5.43 Å². The van der Waals surface area contributed by atoms with Gasteiger partial charge < -0.3 is 11.2 Å². The first-order valence-electron chi connectivity index (χ1n) is 2.96. The van der Waals surface area contributed by atoms with Gasteiger partial charge in [-0.15, -0.1) is 0 Å². The molecule has 0 aliphatic rings. The summed E-state index contributed by atoms with van der Waals surface area (Å²) in [5, 5.41) is 0. The molecule has 0 fully saturated rings. The molecule has 5 nitrogen and oxygen atoms in total. The number of anilines is 1. The lowest BCUT2D eigenvalue weighted by atomic mass is 10.2. The van der Waals surface area contributed by atoms with Gasteiger partial charge in [-0.05, 0) is 6.07 Å². The molecule has 5 N–H and O–H groups in total. The molecule has 1 rings (SSSR count). The van der Waals surface area contributed by atoms with Crippen LogP contribution in [0.25, 0.3) is 0 Å². The van der Waals surface area contributed by atoms with Crippen molar-refractivity contribution in [3.05, 3.63) is 24.0 Å². The molecule has 5 heteroatoms. The molecule has 1 amide bonds. The highest BCUT2D eigenvalue weighted by Crippen LogP contribution is 2.09. The van der Waals surface area contributed by atoms with Crippen LogP contribution in [-0.2, 0) is 0 Å². The lowest BCUT2D eigenvalue weighted by molar-refractivity contribution is 0.100. The Kier molecular flexibility index (Phi) is 2.03. The maximum atomic E-state index is 10.7. The number of pyridine rings is 1. The smallest absolute Gasteiger partial charge is 0.252 e. The van der Waals surface area contributed by atoms with Gasteiger partial charge in [0, 0.05) is 12.4 Å². The van der Waals surface area contributed by atoms with E-state index in [9.17, 15) is 4.79 Å². The van der Waals surface area contributed by atoms with E-state index in [1.165, 1.54) is 12.4 Å². The predicted octanol–water partition coefficient (Wildman–Crippen LogP) is -0.534. The fraction of sp³-hybridized carbons (Fsp3) is 0. The minimum Gasteiger partial charge on any atom is -0.365 e. The van der Waals surface area contributed by atoms with Crippen LogP contribution in [0.1, 0.15) is 10.4 Å². The standard InChI is InChI=1S/C6H8N4O/c7-6(11)4-3-9-2-1-5(4)10-8/h1-3H,8H2,(H2,7,11)(H,9,10). The minimum absolute atomic E-state index is 0.287. The summed E-state index contributed by atoms with van der Waals surface area (Å²) in [6.07, 6.45) is 2.87. The molecule has 0 aliphatic heterocycles. The van der Waals surface area contributed by atoms with Crippen LogP contribution in [0.3, 0.4) is 0 Å². The van der Waals surface area contributed by atoms with E-state index in [-0.39, 0.29) is 5.56 Å². The van der Waals surface area contributed by atoms with Crippen LogP contribution in [0.4, 0.5) is 5.69 Å². The van der Waals surface area contributed by atoms with Crippen LogP contribution < -0.4 is 17.0 Å². The molecule has 0 spiro atoms. The van der Waals surface area contributed by atoms with Crippen molar-refractivity contribution in [3.63, 3.8) is 0 Å². The SMILES string of the molecule is NNc1ccncc1C(N)=O. The fourth-order valence-corrected chi connectivity index (χ4v) is 0.717. The van der Waals surface area contributed by atoms with Gasteiger partial charge >= 0.3 is 0 Å². The van der Waals surface area contributed by atoms with Gasteiger partial charge in [0.15, 0.2) is 0 Å². The van der Waals surface area contributed by atoms with E-state index >= 15 is 0 Å². The number of hydrogen-bond acceptors (Lipinski definition) is 4. The highest BCUT2D eigenvalue weighted by atomic mass is 16.1. The van der Waals surface area contributed by atoms with E-state index in [1.54, 1.807) is 6.07 Å². The lowest BCUT2D eigenvalue weighted by Crippen LogP contribution is -2.17. The molecule has 11 heavy (non-hydrogen) atoms. The Labute approximate surface area is 63.4 Å². The van der Waals surface area contributed by atoms with Crippen LogP contribution >= 0.6 is 0 Å². The number of nitrogens with two attached hydrogens (primary N) is 2. The minimum atomic E-state index is -0.550. The quantitative estimate of drug-likeness (QED) is 0.392. The number of amides is 1. The second-order valence-electron chi connectivity index (χ2n) is 1.93. The average Bonchev–Trinajstić information content (AvgIpc) is 2.04. The van der Waals surface area contributed by atoms with Crippen molar-refractivity contribution in [1.82, 2.24) is 4.98 Å². The number of primary amides is 1. The lowest BCUT2D eigenvalue weighted by Gasteiger charge is -2.02. The molecular weight excluding hydrogens is 144 g/mol. The summed E-state index contributed by atoms with van der Waals surface area (Å²) in [7, 11) is 0. The van der Waals surface area contributed by atoms with Crippen LogP contribution in [0, 0.1) is 0 Å². The zero-order valence-electron chi connectivity index (χ0n) is 5.74. The number of nitrogens with zero attached hydrogens (tertiary/aromatic N) is 1. The number of carbonyl (C=O) groups is 1. The highest BCUT2D eigenvalue weighted by Gasteiger charge is 2.04. The van der Waals surface area contributed by atoms with Crippen LogP contribution in [0.15, 0.2) is 18.5 Å². The van der Waals surface area contributed by atoms with E-state index in [1.807, 2.05) is 0 Å². The summed E-state index contributed by atoms with van der Waals surface area (Å²) in [5.74, 6) is 4.55. The summed E-state index contributed by atoms with van der Waals surface area (Å²) in [5.41, 5.74) is 8.12. The first-order chi connectivity index (χ1) is 5.25. The number of nitrogen functional groups attached to an aromatic ring is 1. The zero-order chi connectivity index (χ0) is 8.27. The summed E-state index contributed by atoms with van der Waals surface area (Å²) >= 11 is 0. The Morgan fingerprint density at radius 2 is 2.36 bits per heavy atom. The summed E-state index contributed by atoms with van der Waals surface area (Å²) in [6, 6.07) is 1.57. The van der Waals surface area contributed by atoms with Gasteiger partial charge in [0.05, 0.1) is 11.3 Å². The van der Waals surface area contributed by atoms with E-state index in [4.69, 9.17) is 11.6 Å². The number of carbonyl (C=O) groups excluding carboxylic acids is 1. The van der Waals surface area contributed by atoms with Gasteiger partial charge in [0.2, 0.25) is 0 Å². The van der Waals surface area contributed by atoms with Crippen molar-refractivity contribution in [1.29, 1.82) is 0 Å². The number of nitrogens with one attached hydrogen (secondary N) is 1. The van der Waals surface area contributed by atoms with Crippen LogP contribution in [-0.4, -0.2) is 10.9 Å². The van der Waals surface area contributed by atoms with Gasteiger partial charge in [0.1, 0.15) is 0 Å². The Morgan fingerprint density at radius 3 is 2.82 bits per heavy atom. The number of rotatable bonds is 2. The monoisotopic (exact) mass is 152 g/mol. The van der Waals surface area contributed by atoms with Crippen molar-refractivity contribution in [3.8, 4) is 0 Å². The average molecular weight is 152 g/mol. The summed E-state index contributed by atoms with van der Waals surface area (Å²) in [4.78, 5) is 14.4. The van der Waals surface area contributed by atoms with Gasteiger partial charge in [0.25, 0.3) is 5.91 Å². The molecule has 1 aromatic rings. The van der Waals surface area contributed by atoms with Crippen molar-refractivity contribution < 1.29 is 4.79 Å². The third-order valence-corrected chi connectivity index (χ3v) is 1.24. The van der Waals surface area contributed by atoms with Gasteiger partial charge in [-0.3, -0.25) is 15.6 Å². The molecule has 0 bridgehead atoms. The van der Waals surface area contributed by atoms with Gasteiger partial charge in [-0.2, -0.15) is 0 Å². The molecule has 1 aromatic heterocycles. The molecule has 0 aliphatic carbocycles. The second kappa shape index (κ2) is 2.98. The Morgan fingerprint density at radius 1 is 1.64 bits per heavy atom. The summed E-state index contributed by atoms with van der Waals surface area (Å²) < 4.78 is 0. The Hall–Kier alpha value is -1.62. The number of aromatic nitrogens is 1. The maximum Gasteiger partial charge on any atom is 0.252 e. The fourth-order valence-electron chi connectivity index (χ4n) is 0.717. The van der Waals surface area contributed by atoms with E-state index in [0.717, 1.165) is 0 Å². The normalized spacial score (nSPS) is 9.18. The van der Waals surface area contributed by atoms with Crippen LogP contribution in [0.5, 0.6) is 0 Å². The predicted molar refractivity (Wildman–Crippen MR) is 40.6 cm³/mol. The van der Waals surface area contributed by atoms with Crippen molar-refractivity contribution in [2.24, 2.45) is 11.6 Å². The van der Waals surface area contributed by atoms with Gasteiger partial charge in [-0.1, -0.05) is 0 Å². The molecule has 0 saturated heterocycles. The first kappa shape index (κ1) is 7.49. The molecule has 0 atom stereocenters. The topological polar surface area (TPSA) is 94.0 Å². The van der Waals surface area contributed by atoms with Crippen LogP contribution in [0.2, 0.25) is 0 Å². The van der Waals surface area contributed by atoms with E-state index in [2.05, 4.69) is 10.4 Å². The number of hydrazine groups is 1. The summed E-state index contributed by atoms with van der Waals surface area (Å²) in [6.45, 7) is 0. The maximum absolute atomic E-state index is 10.7. The molecule has 58 valence electrons. The largest absolute Gasteiger partial charge is 0.365 e. The molecule has 0 aromatic carbocycles. The second-order valence-corrected chi connectivity index (χ2v) is 1.93. The van der Waals surface area contributed by atoms with Crippen molar-refractivity contribution >= 4 is 11.6 Å². The molecular formula is C6H8N4O. The highest BCUT2D eigenvalue weighted by molar-refractivity contribution is 5.97. The van der Waals surface area contributed by atoms with E-state index in [0.29, 0.717) is 5.69 Å². The van der Waals surface area contributed by atoms with Crippen molar-refractivity contribution in [2.45, 2.75) is 0 Å². The third-order valence-electron chi connectivity index (χ3n) is 1.24. The first-order valence-corrected chi connectivity index (χ1v) is 2.96. The molecule has 0 unspecified atom stereocenters.